The summed E-state index contributed by atoms with van der Waals surface area (Å²) in [4.78, 5) is 1.08. The number of thiophene rings is 1. The summed E-state index contributed by atoms with van der Waals surface area (Å²) in [5.41, 5.74) is 0. The zero-order valence-electron chi connectivity index (χ0n) is 8.04. The lowest BCUT2D eigenvalue weighted by Crippen LogP contribution is -1.94. The van der Waals surface area contributed by atoms with Crippen LogP contribution in [0, 0.1) is 5.82 Å². The molecule has 0 N–H and O–H groups in total. The lowest BCUT2D eigenvalue weighted by Gasteiger charge is -2.05. The largest absolute Gasteiger partial charge is 0.488 e. The average molecular weight is 366 g/mol. The quantitative estimate of drug-likeness (QED) is 0.744. The minimum Gasteiger partial charge on any atom is -0.488 e. The molecule has 1 aromatic heterocycles. The summed E-state index contributed by atoms with van der Waals surface area (Å²) in [6.45, 7) is 0.439. The fourth-order valence-corrected chi connectivity index (χ4v) is 3.01. The van der Waals surface area contributed by atoms with Crippen LogP contribution in [-0.4, -0.2) is 0 Å². The number of hydrogen-bond acceptors (Lipinski definition) is 2. The van der Waals surface area contributed by atoms with Gasteiger partial charge in [-0.1, -0.05) is 15.9 Å². The Hall–Kier alpha value is -0.390. The van der Waals surface area contributed by atoms with Gasteiger partial charge in [-0.25, -0.2) is 4.39 Å². The summed E-state index contributed by atoms with van der Waals surface area (Å²) in [7, 11) is 0. The Morgan fingerprint density at radius 1 is 1.25 bits per heavy atom. The molecule has 0 amide bonds. The molecule has 0 spiro atoms. The Morgan fingerprint density at radius 3 is 2.69 bits per heavy atom. The van der Waals surface area contributed by atoms with E-state index in [0.29, 0.717) is 16.8 Å². The standard InChI is InChI=1S/C11H7Br2FOS/c12-7-3-8(14)5-9(4-7)15-6-11-10(13)1-2-16-11/h1-5H,6H2. The zero-order chi connectivity index (χ0) is 11.5. The van der Waals surface area contributed by atoms with Gasteiger partial charge in [0, 0.05) is 15.0 Å². The van der Waals surface area contributed by atoms with Gasteiger partial charge in [-0.3, -0.25) is 0 Å². The molecule has 1 aromatic carbocycles. The summed E-state index contributed by atoms with van der Waals surface area (Å²) < 4.78 is 20.3. The Labute approximate surface area is 114 Å². The predicted molar refractivity (Wildman–Crippen MR) is 70.5 cm³/mol. The third kappa shape index (κ3) is 3.06. The Bertz CT molecular complexity index is 478. The van der Waals surface area contributed by atoms with Gasteiger partial charge >= 0.3 is 0 Å². The minimum absolute atomic E-state index is 0.311. The van der Waals surface area contributed by atoms with Crippen LogP contribution < -0.4 is 4.74 Å². The van der Waals surface area contributed by atoms with Gasteiger partial charge in [0.25, 0.3) is 0 Å². The van der Waals surface area contributed by atoms with Crippen molar-refractivity contribution < 1.29 is 9.13 Å². The summed E-state index contributed by atoms with van der Waals surface area (Å²) in [6.07, 6.45) is 0. The molecule has 2 rings (SSSR count). The first kappa shape index (κ1) is 12.1. The van der Waals surface area contributed by atoms with Crippen molar-refractivity contribution in [2.75, 3.05) is 0 Å². The monoisotopic (exact) mass is 364 g/mol. The van der Waals surface area contributed by atoms with Crippen molar-refractivity contribution in [3.8, 4) is 5.75 Å². The molecule has 2 aromatic rings. The van der Waals surface area contributed by atoms with Crippen LogP contribution in [0.25, 0.3) is 0 Å². The normalized spacial score (nSPS) is 10.4. The number of rotatable bonds is 3. The van der Waals surface area contributed by atoms with E-state index >= 15 is 0 Å². The van der Waals surface area contributed by atoms with Crippen LogP contribution in [-0.2, 0) is 6.61 Å². The molecule has 0 unspecified atom stereocenters. The second-order valence-corrected chi connectivity index (χ2v) is 5.86. The maximum atomic E-state index is 13.1. The van der Waals surface area contributed by atoms with Crippen molar-refractivity contribution in [1.82, 2.24) is 0 Å². The lowest BCUT2D eigenvalue weighted by molar-refractivity contribution is 0.307. The molecule has 5 heteroatoms. The smallest absolute Gasteiger partial charge is 0.128 e. The summed E-state index contributed by atoms with van der Waals surface area (Å²) in [6, 6.07) is 6.47. The van der Waals surface area contributed by atoms with E-state index in [-0.39, 0.29) is 5.82 Å². The first-order chi connectivity index (χ1) is 7.65. The van der Waals surface area contributed by atoms with Gasteiger partial charge in [-0.05, 0) is 39.5 Å². The van der Waals surface area contributed by atoms with E-state index in [1.54, 1.807) is 17.4 Å². The van der Waals surface area contributed by atoms with Crippen LogP contribution in [0.2, 0.25) is 0 Å². The van der Waals surface area contributed by atoms with Gasteiger partial charge in [-0.2, -0.15) is 0 Å². The van der Waals surface area contributed by atoms with Crippen LogP contribution in [0.4, 0.5) is 4.39 Å². The van der Waals surface area contributed by atoms with E-state index in [1.165, 1.54) is 12.1 Å². The average Bonchev–Trinajstić information content (AvgIpc) is 2.59. The van der Waals surface area contributed by atoms with Crippen molar-refractivity contribution in [3.05, 3.63) is 49.3 Å². The van der Waals surface area contributed by atoms with Gasteiger partial charge in [0.1, 0.15) is 18.2 Å². The minimum atomic E-state index is -0.311. The molecule has 0 radical (unpaired) electrons. The molecule has 0 aliphatic carbocycles. The van der Waals surface area contributed by atoms with Crippen LogP contribution >= 0.6 is 43.2 Å². The third-order valence-electron chi connectivity index (χ3n) is 1.90. The molecule has 0 aliphatic rings. The molecule has 0 aliphatic heterocycles. The van der Waals surface area contributed by atoms with Crippen molar-refractivity contribution in [1.29, 1.82) is 0 Å². The number of ether oxygens (including phenoxy) is 1. The lowest BCUT2D eigenvalue weighted by atomic mass is 10.3. The van der Waals surface area contributed by atoms with E-state index in [0.717, 1.165) is 9.35 Å². The van der Waals surface area contributed by atoms with Gasteiger partial charge in [0.2, 0.25) is 0 Å². The maximum Gasteiger partial charge on any atom is 0.128 e. The Morgan fingerprint density at radius 2 is 2.06 bits per heavy atom. The molecule has 0 bridgehead atoms. The van der Waals surface area contributed by atoms with Gasteiger partial charge in [0.05, 0.1) is 4.88 Å². The molecule has 84 valence electrons. The Balaban J connectivity index is 2.07. The van der Waals surface area contributed by atoms with Gasteiger partial charge in [-0.15, -0.1) is 11.3 Å². The van der Waals surface area contributed by atoms with E-state index in [2.05, 4.69) is 31.9 Å². The second-order valence-electron chi connectivity index (χ2n) is 3.09. The molecule has 0 fully saturated rings. The van der Waals surface area contributed by atoms with Gasteiger partial charge < -0.3 is 4.74 Å². The molecular formula is C11H7Br2FOS. The van der Waals surface area contributed by atoms with Crippen LogP contribution in [0.5, 0.6) is 5.75 Å². The molecule has 0 atom stereocenters. The third-order valence-corrected chi connectivity index (χ3v) is 4.25. The molecule has 1 nitrogen and oxygen atoms in total. The molecule has 1 heterocycles. The highest BCUT2D eigenvalue weighted by Crippen LogP contribution is 2.26. The predicted octanol–water partition coefficient (Wildman–Crippen LogP) is 4.99. The fraction of sp³-hybridized carbons (Fsp3) is 0.0909. The topological polar surface area (TPSA) is 9.23 Å². The number of benzene rings is 1. The van der Waals surface area contributed by atoms with E-state index < -0.39 is 0 Å². The van der Waals surface area contributed by atoms with E-state index in [1.807, 2.05) is 11.4 Å². The van der Waals surface area contributed by atoms with Crippen molar-refractivity contribution >= 4 is 43.2 Å². The van der Waals surface area contributed by atoms with Crippen LogP contribution in [0.15, 0.2) is 38.6 Å². The van der Waals surface area contributed by atoms with E-state index in [4.69, 9.17) is 4.74 Å². The van der Waals surface area contributed by atoms with Crippen molar-refractivity contribution in [2.45, 2.75) is 6.61 Å². The number of halogens is 3. The SMILES string of the molecule is Fc1cc(Br)cc(OCc2sccc2Br)c1. The Kier molecular flexibility index (Phi) is 4.00. The first-order valence-corrected chi connectivity index (χ1v) is 6.92. The maximum absolute atomic E-state index is 13.1. The highest BCUT2D eigenvalue weighted by atomic mass is 79.9. The van der Waals surface area contributed by atoms with Crippen molar-refractivity contribution in [3.63, 3.8) is 0 Å². The molecular weight excluding hydrogens is 359 g/mol. The van der Waals surface area contributed by atoms with Gasteiger partial charge in [0.15, 0.2) is 0 Å². The van der Waals surface area contributed by atoms with E-state index in [9.17, 15) is 4.39 Å². The highest BCUT2D eigenvalue weighted by Gasteiger charge is 2.04. The first-order valence-electron chi connectivity index (χ1n) is 4.46. The summed E-state index contributed by atoms with van der Waals surface area (Å²) in [5, 5.41) is 1.98. The van der Waals surface area contributed by atoms with Crippen LogP contribution in [0.1, 0.15) is 4.88 Å². The van der Waals surface area contributed by atoms with Crippen molar-refractivity contribution in [2.24, 2.45) is 0 Å². The summed E-state index contributed by atoms with van der Waals surface area (Å²) in [5.74, 6) is 0.210. The molecule has 0 saturated heterocycles. The fourth-order valence-electron chi connectivity index (χ4n) is 1.19. The number of hydrogen-bond donors (Lipinski definition) is 0. The second kappa shape index (κ2) is 5.29. The van der Waals surface area contributed by atoms with Crippen LogP contribution in [0.3, 0.4) is 0 Å². The molecule has 16 heavy (non-hydrogen) atoms. The zero-order valence-corrected chi connectivity index (χ0v) is 12.0. The molecule has 0 saturated carbocycles. The summed E-state index contributed by atoms with van der Waals surface area (Å²) >= 11 is 8.24. The highest BCUT2D eigenvalue weighted by molar-refractivity contribution is 9.10.